The molecule has 1 aliphatic rings. The lowest BCUT2D eigenvalue weighted by Crippen LogP contribution is -2.62. The maximum atomic E-state index is 9.58. The van der Waals surface area contributed by atoms with Crippen molar-refractivity contribution in [2.45, 2.75) is 30.6 Å². The van der Waals surface area contributed by atoms with Crippen LogP contribution < -0.4 is 0 Å². The molecule has 0 bridgehead atoms. The van der Waals surface area contributed by atoms with Gasteiger partial charge in [-0.1, -0.05) is 0 Å². The zero-order valence-electron chi connectivity index (χ0n) is 8.65. The molecule has 4 N–H and O–H groups in total. The van der Waals surface area contributed by atoms with Crippen molar-refractivity contribution in [3.8, 4) is 0 Å². The second-order valence-electron chi connectivity index (χ2n) is 3.45. The van der Waals surface area contributed by atoms with Crippen LogP contribution >= 0.6 is 0 Å². The van der Waals surface area contributed by atoms with Crippen molar-refractivity contribution in [3.63, 3.8) is 0 Å². The normalized spacial score (nSPS) is 42.2. The lowest BCUT2D eigenvalue weighted by atomic mass is 10.9. The van der Waals surface area contributed by atoms with E-state index in [9.17, 15) is 15.3 Å². The zero-order chi connectivity index (χ0) is 11.6. The van der Waals surface area contributed by atoms with Gasteiger partial charge in [0.2, 0.25) is 0 Å². The van der Waals surface area contributed by atoms with Gasteiger partial charge in [-0.2, -0.15) is 5.06 Å². The Morgan fingerprint density at radius 1 is 1.20 bits per heavy atom. The molecule has 5 atom stereocenters. The molecule has 1 fully saturated rings. The van der Waals surface area contributed by atoms with Crippen molar-refractivity contribution in [1.82, 2.24) is 5.06 Å². The van der Waals surface area contributed by atoms with Gasteiger partial charge in [-0.15, -0.1) is 0 Å². The Balaban J connectivity index is 2.74. The van der Waals surface area contributed by atoms with Gasteiger partial charge in [0.15, 0.2) is 6.23 Å². The molecule has 0 saturated carbocycles. The van der Waals surface area contributed by atoms with Crippen molar-refractivity contribution in [1.29, 1.82) is 0 Å². The molecule has 0 aromatic rings. The van der Waals surface area contributed by atoms with E-state index in [0.29, 0.717) is 0 Å². The Morgan fingerprint density at radius 2 is 1.80 bits per heavy atom. The van der Waals surface area contributed by atoms with Gasteiger partial charge < -0.3 is 25.2 Å². The highest BCUT2D eigenvalue weighted by Crippen LogP contribution is 2.22. The number of hydrogen-bond acceptors (Lipinski definition) is 7. The van der Waals surface area contributed by atoms with Crippen LogP contribution in [0.15, 0.2) is 0 Å². The minimum absolute atomic E-state index is 0.445. The first-order chi connectivity index (χ1) is 7.02. The van der Waals surface area contributed by atoms with Crippen LogP contribution in [0.5, 0.6) is 0 Å². The van der Waals surface area contributed by atoms with Gasteiger partial charge in [-0.05, 0) is 0 Å². The Kier molecular flexibility index (Phi) is 4.41. The monoisotopic (exact) mass is 229 g/mol. The molecule has 90 valence electrons. The second-order valence-corrected chi connectivity index (χ2v) is 3.45. The Morgan fingerprint density at radius 3 is 2.27 bits per heavy atom. The summed E-state index contributed by atoms with van der Waals surface area (Å²) in [7, 11) is 2.88. The lowest BCUT2D eigenvalue weighted by molar-refractivity contribution is -0.320. The van der Waals surface area contributed by atoms with Crippen molar-refractivity contribution in [2.75, 3.05) is 20.8 Å². The Bertz CT molecular complexity index is 202. The van der Waals surface area contributed by atoms with Crippen molar-refractivity contribution >= 4 is 0 Å². The highest BCUT2D eigenvalue weighted by Gasteiger charge is 2.45. The third-order valence-electron chi connectivity index (χ3n) is 2.51. The summed E-state index contributed by atoms with van der Waals surface area (Å²) in [5, 5.41) is 38.6. The SMILES string of the molecule is CON(C)[13C@@H]1O[13C@H]([13CH2]O)[13C@@H](O)[13C@H](O)[13C@H]1O. The van der Waals surface area contributed by atoms with E-state index in [1.807, 2.05) is 0 Å². The van der Waals surface area contributed by atoms with Gasteiger partial charge in [0.05, 0.1) is 13.7 Å². The molecule has 7 heteroatoms. The van der Waals surface area contributed by atoms with Crippen molar-refractivity contribution in [2.24, 2.45) is 0 Å². The number of hydroxylamine groups is 2. The largest absolute Gasteiger partial charge is 0.394 e. The molecule has 0 unspecified atom stereocenters. The minimum Gasteiger partial charge on any atom is -0.394 e. The molecule has 1 saturated heterocycles. The summed E-state index contributed by atoms with van der Waals surface area (Å²) in [5.41, 5.74) is 0. The van der Waals surface area contributed by atoms with E-state index < -0.39 is 37.3 Å². The molecule has 0 aromatic carbocycles. The molecule has 1 heterocycles. The van der Waals surface area contributed by atoms with Gasteiger partial charge in [-0.25, -0.2) is 0 Å². The lowest BCUT2D eigenvalue weighted by Gasteiger charge is -2.42. The van der Waals surface area contributed by atoms with Crippen LogP contribution in [0.1, 0.15) is 0 Å². The first-order valence-corrected chi connectivity index (χ1v) is 4.60. The van der Waals surface area contributed by atoms with Crippen LogP contribution in [0, 0.1) is 0 Å². The van der Waals surface area contributed by atoms with E-state index in [1.165, 1.54) is 19.2 Å². The van der Waals surface area contributed by atoms with Gasteiger partial charge in [-0.3, -0.25) is 4.84 Å². The topological polar surface area (TPSA) is 103 Å². The summed E-state index contributed by atoms with van der Waals surface area (Å²) in [6.45, 7) is -0.445. The third kappa shape index (κ3) is 2.45. The summed E-state index contributed by atoms with van der Waals surface area (Å²) in [6, 6.07) is 0. The molecule has 1 aliphatic heterocycles. The summed E-state index contributed by atoms with van der Waals surface area (Å²) < 4.78 is 5.17. The zero-order valence-corrected chi connectivity index (χ0v) is 8.65. The summed E-state index contributed by atoms with van der Waals surface area (Å²) in [5.74, 6) is 0. The number of hydrogen-bond donors (Lipinski definition) is 4. The molecular formula is C8H17NO6. The number of nitrogens with zero attached hydrogens (tertiary/aromatic N) is 1. The van der Waals surface area contributed by atoms with Crippen LogP contribution in [-0.2, 0) is 9.57 Å². The number of aliphatic hydroxyl groups excluding tert-OH is 4. The van der Waals surface area contributed by atoms with Gasteiger partial charge in [0, 0.05) is 7.05 Å². The van der Waals surface area contributed by atoms with E-state index in [-0.39, 0.29) is 0 Å². The molecule has 0 aliphatic carbocycles. The average molecular weight is 229 g/mol. The Hall–Kier alpha value is -0.280. The van der Waals surface area contributed by atoms with Crippen LogP contribution in [0.25, 0.3) is 0 Å². The summed E-state index contributed by atoms with van der Waals surface area (Å²) >= 11 is 0. The Labute approximate surface area is 87.4 Å². The predicted molar refractivity (Wildman–Crippen MR) is 48.5 cm³/mol. The third-order valence-corrected chi connectivity index (χ3v) is 2.51. The van der Waals surface area contributed by atoms with Crippen molar-refractivity contribution < 1.29 is 30.0 Å². The maximum Gasteiger partial charge on any atom is 0.161 e. The average Bonchev–Trinajstić information content (AvgIpc) is 2.25. The van der Waals surface area contributed by atoms with Crippen LogP contribution in [0.2, 0.25) is 0 Å². The quantitative estimate of drug-likeness (QED) is 0.308. The van der Waals surface area contributed by atoms with Gasteiger partial charge >= 0.3 is 0 Å². The highest BCUT2D eigenvalue weighted by molar-refractivity contribution is 4.90. The fourth-order valence-corrected chi connectivity index (χ4v) is 1.49. The summed E-state index contributed by atoms with van der Waals surface area (Å²) in [4.78, 5) is 4.81. The first kappa shape index (κ1) is 12.8. The highest BCUT2D eigenvalue weighted by atomic mass is 16.8. The van der Waals surface area contributed by atoms with Crippen LogP contribution in [0.3, 0.4) is 0 Å². The number of ether oxygens (including phenoxy) is 1. The van der Waals surface area contributed by atoms with E-state index in [0.717, 1.165) is 0 Å². The van der Waals surface area contributed by atoms with E-state index in [1.54, 1.807) is 0 Å². The molecule has 0 spiro atoms. The minimum atomic E-state index is -1.38. The predicted octanol–water partition coefficient (Wildman–Crippen LogP) is -2.72. The number of likely N-dealkylation sites (N-methyl/N-ethyl adjacent to an activating group) is 1. The molecule has 0 aromatic heterocycles. The standard InChI is InChI=1S/C8H17NO6/c1-9(14-2)8-7(13)6(12)5(11)4(3-10)15-8/h4-8,10-13H,3H2,1-2H3/t4-,5-,6+,7-,8-/m1/s1/i3+1,4+1,5+1,6+1,7+1,8+1. The van der Waals surface area contributed by atoms with Gasteiger partial charge in [0.1, 0.15) is 24.4 Å². The smallest absolute Gasteiger partial charge is 0.161 e. The van der Waals surface area contributed by atoms with Gasteiger partial charge in [0.25, 0.3) is 0 Å². The molecule has 0 amide bonds. The number of aliphatic hydroxyl groups is 4. The van der Waals surface area contributed by atoms with Crippen molar-refractivity contribution in [3.05, 3.63) is 0 Å². The molecule has 15 heavy (non-hydrogen) atoms. The molecule has 7 nitrogen and oxygen atoms in total. The number of rotatable bonds is 3. The van der Waals surface area contributed by atoms with E-state index in [4.69, 9.17) is 14.7 Å². The fraction of sp³-hybridized carbons (Fsp3) is 1.00. The fourth-order valence-electron chi connectivity index (χ4n) is 1.49. The van der Waals surface area contributed by atoms with Crippen LogP contribution in [0.4, 0.5) is 0 Å². The molecule has 0 radical (unpaired) electrons. The van der Waals surface area contributed by atoms with Crippen LogP contribution in [-0.4, -0.2) is 76.9 Å². The molecule has 1 rings (SSSR count). The second kappa shape index (κ2) is 5.17. The van der Waals surface area contributed by atoms with E-state index in [2.05, 4.69) is 0 Å². The first-order valence-electron chi connectivity index (χ1n) is 4.60. The molecular weight excluding hydrogens is 212 g/mol. The summed E-state index contributed by atoms with van der Waals surface area (Å²) in [6.07, 6.45) is -5.85. The van der Waals surface area contributed by atoms with E-state index >= 15 is 0 Å². The maximum absolute atomic E-state index is 9.58.